The van der Waals surface area contributed by atoms with E-state index in [1.54, 1.807) is 0 Å². The minimum absolute atomic E-state index is 0.198. The van der Waals surface area contributed by atoms with Crippen LogP contribution in [0.15, 0.2) is 18.2 Å². The topological polar surface area (TPSA) is 23.8 Å². The second kappa shape index (κ2) is 3.46. The van der Waals surface area contributed by atoms with Gasteiger partial charge in [-0.25, -0.2) is 0 Å². The van der Waals surface area contributed by atoms with Crippen molar-refractivity contribution in [3.05, 3.63) is 41.8 Å². The molecule has 0 saturated heterocycles. The Bertz CT molecular complexity index is 360. The van der Waals surface area contributed by atoms with Gasteiger partial charge in [-0.2, -0.15) is 5.26 Å². The molecule has 0 bridgehead atoms. The van der Waals surface area contributed by atoms with Crippen molar-refractivity contribution < 1.29 is 0 Å². The molecule has 1 aromatic rings. The maximum atomic E-state index is 9.15. The van der Waals surface area contributed by atoms with E-state index in [0.717, 1.165) is 11.1 Å². The molecule has 0 heterocycles. The fraction of sp³-hybridized carbons (Fsp3) is 0.385. The molecule has 1 saturated carbocycles. The molecular weight excluding hydrogens is 170 g/mol. The summed E-state index contributed by atoms with van der Waals surface area (Å²) in [6.45, 7) is 6.02. The number of benzene rings is 1. The average Bonchev–Trinajstić information content (AvgIpc) is 2.99. The van der Waals surface area contributed by atoms with Gasteiger partial charge in [-0.3, -0.25) is 0 Å². The van der Waals surface area contributed by atoms with Crippen LogP contribution in [0.5, 0.6) is 0 Å². The Balaban J connectivity index is 2.51. The van der Waals surface area contributed by atoms with Crippen LogP contribution in [0, 0.1) is 18.3 Å². The van der Waals surface area contributed by atoms with Crippen LogP contribution < -0.4 is 0 Å². The van der Waals surface area contributed by atoms with Crippen LogP contribution in [0.25, 0.3) is 0 Å². The third-order valence-corrected chi connectivity index (χ3v) is 2.79. The molecule has 14 heavy (non-hydrogen) atoms. The van der Waals surface area contributed by atoms with Gasteiger partial charge in [0.1, 0.15) is 0 Å². The van der Waals surface area contributed by atoms with Crippen molar-refractivity contribution in [2.24, 2.45) is 0 Å². The standard InChI is InChI=1S/C13H14N/c1-9(2)11-4-3-5-12(10-6-7-10)13(11)8-14/h3-5,9-10H,1,6-7H2,2H3. The summed E-state index contributed by atoms with van der Waals surface area (Å²) < 4.78 is 0. The smallest absolute Gasteiger partial charge is 0.0997 e. The van der Waals surface area contributed by atoms with Crippen LogP contribution in [0.2, 0.25) is 0 Å². The highest BCUT2D eigenvalue weighted by Crippen LogP contribution is 2.42. The predicted octanol–water partition coefficient (Wildman–Crippen LogP) is 3.37. The first-order valence-corrected chi connectivity index (χ1v) is 5.10. The van der Waals surface area contributed by atoms with E-state index in [1.165, 1.54) is 18.4 Å². The fourth-order valence-corrected chi connectivity index (χ4v) is 1.86. The van der Waals surface area contributed by atoms with Gasteiger partial charge in [0.2, 0.25) is 0 Å². The first kappa shape index (κ1) is 9.27. The van der Waals surface area contributed by atoms with Crippen molar-refractivity contribution in [1.29, 1.82) is 5.26 Å². The van der Waals surface area contributed by atoms with Crippen LogP contribution in [-0.4, -0.2) is 0 Å². The highest BCUT2D eigenvalue weighted by molar-refractivity contribution is 5.49. The molecule has 0 N–H and O–H groups in total. The molecule has 0 aliphatic heterocycles. The summed E-state index contributed by atoms with van der Waals surface area (Å²) in [6, 6.07) is 8.48. The van der Waals surface area contributed by atoms with E-state index < -0.39 is 0 Å². The van der Waals surface area contributed by atoms with Crippen LogP contribution in [-0.2, 0) is 0 Å². The van der Waals surface area contributed by atoms with Gasteiger partial charge in [0.25, 0.3) is 0 Å². The van der Waals surface area contributed by atoms with E-state index in [0.29, 0.717) is 5.92 Å². The number of rotatable bonds is 2. The summed E-state index contributed by atoms with van der Waals surface area (Å²) in [5.74, 6) is 0.840. The summed E-state index contributed by atoms with van der Waals surface area (Å²) in [5, 5.41) is 9.15. The number of nitriles is 1. The van der Waals surface area contributed by atoms with Crippen molar-refractivity contribution in [3.8, 4) is 6.07 Å². The molecular formula is C13H14N. The van der Waals surface area contributed by atoms with Gasteiger partial charge in [-0.05, 0) is 42.7 Å². The predicted molar refractivity (Wildman–Crippen MR) is 56.9 cm³/mol. The number of nitrogens with zero attached hydrogens (tertiary/aromatic N) is 1. The molecule has 1 aliphatic rings. The largest absolute Gasteiger partial charge is 0.192 e. The summed E-state index contributed by atoms with van der Waals surface area (Å²) >= 11 is 0. The Labute approximate surface area is 85.4 Å². The summed E-state index contributed by atoms with van der Waals surface area (Å²) in [6.07, 6.45) is 2.48. The molecule has 0 aromatic heterocycles. The monoisotopic (exact) mass is 184 g/mol. The van der Waals surface area contributed by atoms with Gasteiger partial charge in [0.15, 0.2) is 0 Å². The van der Waals surface area contributed by atoms with Gasteiger partial charge >= 0.3 is 0 Å². The molecule has 1 unspecified atom stereocenters. The Morgan fingerprint density at radius 3 is 2.71 bits per heavy atom. The van der Waals surface area contributed by atoms with Crippen molar-refractivity contribution >= 4 is 0 Å². The third-order valence-electron chi connectivity index (χ3n) is 2.79. The lowest BCUT2D eigenvalue weighted by Crippen LogP contribution is -1.97. The molecule has 2 rings (SSSR count). The van der Waals surface area contributed by atoms with Gasteiger partial charge in [0, 0.05) is 0 Å². The zero-order chi connectivity index (χ0) is 10.1. The third kappa shape index (κ3) is 1.53. The Morgan fingerprint density at radius 1 is 1.50 bits per heavy atom. The maximum Gasteiger partial charge on any atom is 0.0997 e. The molecule has 1 fully saturated rings. The quantitative estimate of drug-likeness (QED) is 0.691. The average molecular weight is 184 g/mol. The van der Waals surface area contributed by atoms with Crippen LogP contribution in [0.4, 0.5) is 0 Å². The van der Waals surface area contributed by atoms with E-state index >= 15 is 0 Å². The minimum Gasteiger partial charge on any atom is -0.192 e. The zero-order valence-electron chi connectivity index (χ0n) is 8.46. The van der Waals surface area contributed by atoms with E-state index in [1.807, 2.05) is 19.1 Å². The normalized spacial score (nSPS) is 15.6. The molecule has 0 amide bonds. The second-order valence-corrected chi connectivity index (χ2v) is 4.10. The molecule has 1 radical (unpaired) electrons. The number of hydrogen-bond donors (Lipinski definition) is 0. The lowest BCUT2D eigenvalue weighted by atomic mass is 9.92. The molecule has 1 atom stereocenters. The van der Waals surface area contributed by atoms with Crippen LogP contribution in [0.3, 0.4) is 0 Å². The van der Waals surface area contributed by atoms with E-state index in [2.05, 4.69) is 19.1 Å². The molecule has 1 aromatic carbocycles. The Kier molecular flexibility index (Phi) is 2.29. The Hall–Kier alpha value is -1.29. The molecule has 1 aliphatic carbocycles. The van der Waals surface area contributed by atoms with Crippen molar-refractivity contribution in [3.63, 3.8) is 0 Å². The van der Waals surface area contributed by atoms with E-state index in [-0.39, 0.29) is 5.92 Å². The second-order valence-electron chi connectivity index (χ2n) is 4.10. The highest BCUT2D eigenvalue weighted by atomic mass is 14.3. The van der Waals surface area contributed by atoms with Crippen molar-refractivity contribution in [2.75, 3.05) is 0 Å². The zero-order valence-corrected chi connectivity index (χ0v) is 8.46. The van der Waals surface area contributed by atoms with Crippen molar-refractivity contribution in [1.82, 2.24) is 0 Å². The van der Waals surface area contributed by atoms with E-state index in [4.69, 9.17) is 5.26 Å². The van der Waals surface area contributed by atoms with Crippen molar-refractivity contribution in [2.45, 2.75) is 31.6 Å². The molecule has 1 heteroatoms. The first-order valence-electron chi connectivity index (χ1n) is 5.10. The van der Waals surface area contributed by atoms with Gasteiger partial charge < -0.3 is 0 Å². The van der Waals surface area contributed by atoms with Gasteiger partial charge in [-0.15, -0.1) is 0 Å². The highest BCUT2D eigenvalue weighted by Gasteiger charge is 2.27. The fourth-order valence-electron chi connectivity index (χ4n) is 1.86. The lowest BCUT2D eigenvalue weighted by molar-refractivity contribution is 0.945. The number of hydrogen-bond acceptors (Lipinski definition) is 1. The summed E-state index contributed by atoms with van der Waals surface area (Å²) in [7, 11) is 0. The lowest BCUT2D eigenvalue weighted by Gasteiger charge is -2.11. The minimum atomic E-state index is 0.198. The van der Waals surface area contributed by atoms with Crippen LogP contribution in [0.1, 0.15) is 48.3 Å². The van der Waals surface area contributed by atoms with E-state index in [9.17, 15) is 0 Å². The molecule has 0 spiro atoms. The van der Waals surface area contributed by atoms with Gasteiger partial charge in [-0.1, -0.05) is 25.1 Å². The molecule has 1 nitrogen and oxygen atoms in total. The summed E-state index contributed by atoms with van der Waals surface area (Å²) in [5.41, 5.74) is 3.20. The van der Waals surface area contributed by atoms with Gasteiger partial charge in [0.05, 0.1) is 11.6 Å². The maximum absolute atomic E-state index is 9.15. The SMILES string of the molecule is [CH2]C(C)c1cccc(C2CC2)c1C#N. The summed E-state index contributed by atoms with van der Waals surface area (Å²) in [4.78, 5) is 0. The van der Waals surface area contributed by atoms with Crippen LogP contribution >= 0.6 is 0 Å². The Morgan fingerprint density at radius 2 is 2.21 bits per heavy atom. The molecule has 71 valence electrons. The first-order chi connectivity index (χ1) is 6.74.